The molecule has 0 aromatic heterocycles. The van der Waals surface area contributed by atoms with Crippen LogP contribution in [0.5, 0.6) is 5.75 Å². The summed E-state index contributed by atoms with van der Waals surface area (Å²) in [6.45, 7) is 3.25. The summed E-state index contributed by atoms with van der Waals surface area (Å²) in [6.07, 6.45) is -4.79. The van der Waals surface area contributed by atoms with E-state index >= 15 is 0 Å². The van der Waals surface area contributed by atoms with Gasteiger partial charge in [-0.1, -0.05) is 19.1 Å². The SMILES string of the molecule is CC(C(=O)Nc1ccccc1OC(F)(F)F)C1CNC1.Cl. The van der Waals surface area contributed by atoms with Crippen molar-refractivity contribution in [1.82, 2.24) is 5.32 Å². The van der Waals surface area contributed by atoms with E-state index in [0.717, 1.165) is 13.1 Å². The highest BCUT2D eigenvalue weighted by molar-refractivity contribution is 5.94. The van der Waals surface area contributed by atoms with Crippen LogP contribution >= 0.6 is 12.4 Å². The van der Waals surface area contributed by atoms with Gasteiger partial charge in [0.2, 0.25) is 5.91 Å². The van der Waals surface area contributed by atoms with E-state index in [2.05, 4.69) is 15.4 Å². The second kappa shape index (κ2) is 7.00. The molecule has 1 fully saturated rings. The molecule has 1 aliphatic heterocycles. The van der Waals surface area contributed by atoms with Gasteiger partial charge in [-0.25, -0.2) is 0 Å². The van der Waals surface area contributed by atoms with Crippen LogP contribution in [-0.4, -0.2) is 25.4 Å². The minimum atomic E-state index is -4.79. The molecule has 4 nitrogen and oxygen atoms in total. The van der Waals surface area contributed by atoms with Gasteiger partial charge in [0.1, 0.15) is 0 Å². The van der Waals surface area contributed by atoms with Crippen LogP contribution in [0.25, 0.3) is 0 Å². The van der Waals surface area contributed by atoms with E-state index < -0.39 is 12.1 Å². The van der Waals surface area contributed by atoms with E-state index in [4.69, 9.17) is 0 Å². The minimum absolute atomic E-state index is 0. The van der Waals surface area contributed by atoms with Gasteiger partial charge in [0.05, 0.1) is 5.69 Å². The molecule has 1 atom stereocenters. The number of carbonyl (C=O) groups excluding carboxylic acids is 1. The van der Waals surface area contributed by atoms with Crippen molar-refractivity contribution in [3.63, 3.8) is 0 Å². The van der Waals surface area contributed by atoms with Crippen LogP contribution < -0.4 is 15.4 Å². The summed E-state index contributed by atoms with van der Waals surface area (Å²) in [5, 5.41) is 5.54. The molecule has 1 amide bonds. The normalized spacial score (nSPS) is 16.4. The molecular weight excluding hydrogens is 309 g/mol. The monoisotopic (exact) mass is 324 g/mol. The van der Waals surface area contributed by atoms with Crippen molar-refractivity contribution in [3.8, 4) is 5.75 Å². The number of ether oxygens (including phenoxy) is 1. The van der Waals surface area contributed by atoms with Gasteiger partial charge in [0.25, 0.3) is 0 Å². The lowest BCUT2D eigenvalue weighted by Gasteiger charge is -2.31. The third kappa shape index (κ3) is 4.78. The fraction of sp³-hybridized carbons (Fsp3) is 0.462. The number of hydrogen-bond donors (Lipinski definition) is 2. The lowest BCUT2D eigenvalue weighted by molar-refractivity contribution is -0.274. The number of benzene rings is 1. The van der Waals surface area contributed by atoms with Crippen LogP contribution in [0.3, 0.4) is 0 Å². The summed E-state index contributed by atoms with van der Waals surface area (Å²) in [5.41, 5.74) is 0.0222. The molecule has 8 heteroatoms. The maximum Gasteiger partial charge on any atom is 0.573 e. The standard InChI is InChI=1S/C13H15F3N2O2.ClH/c1-8(9-6-17-7-9)12(19)18-10-4-2-3-5-11(10)20-13(14,15)16;/h2-5,8-9,17H,6-7H2,1H3,(H,18,19);1H. The van der Waals surface area contributed by atoms with Crippen LogP contribution in [0.4, 0.5) is 18.9 Å². The fourth-order valence-corrected chi connectivity index (χ4v) is 1.91. The molecule has 0 spiro atoms. The van der Waals surface area contributed by atoms with E-state index in [0.29, 0.717) is 0 Å². The summed E-state index contributed by atoms with van der Waals surface area (Å²) in [7, 11) is 0. The molecular formula is C13H16ClF3N2O2. The van der Waals surface area contributed by atoms with Gasteiger partial charge in [0.15, 0.2) is 5.75 Å². The van der Waals surface area contributed by atoms with E-state index in [9.17, 15) is 18.0 Å². The number of rotatable bonds is 4. The predicted octanol–water partition coefficient (Wildman–Crippen LogP) is 2.80. The Bertz CT molecular complexity index is 493. The first-order chi connectivity index (χ1) is 9.37. The number of carbonyl (C=O) groups is 1. The quantitative estimate of drug-likeness (QED) is 0.895. The van der Waals surface area contributed by atoms with Crippen molar-refractivity contribution in [1.29, 1.82) is 0 Å². The van der Waals surface area contributed by atoms with Gasteiger partial charge < -0.3 is 15.4 Å². The average Bonchev–Trinajstić information content (AvgIpc) is 2.27. The Labute approximate surface area is 126 Å². The second-order valence-corrected chi connectivity index (χ2v) is 4.74. The highest BCUT2D eigenvalue weighted by Gasteiger charge is 2.33. The van der Waals surface area contributed by atoms with Crippen LogP contribution in [0.2, 0.25) is 0 Å². The molecule has 0 aliphatic carbocycles. The molecule has 2 rings (SSSR count). The zero-order valence-corrected chi connectivity index (χ0v) is 12.1. The van der Waals surface area contributed by atoms with E-state index in [-0.39, 0.29) is 35.8 Å². The fourth-order valence-electron chi connectivity index (χ4n) is 1.91. The van der Waals surface area contributed by atoms with Gasteiger partial charge >= 0.3 is 6.36 Å². The maximum absolute atomic E-state index is 12.3. The molecule has 1 heterocycles. The van der Waals surface area contributed by atoms with Crippen molar-refractivity contribution >= 4 is 24.0 Å². The number of amides is 1. The molecule has 1 saturated heterocycles. The molecule has 0 radical (unpaired) electrons. The molecule has 2 N–H and O–H groups in total. The van der Waals surface area contributed by atoms with Crippen molar-refractivity contribution < 1.29 is 22.7 Å². The Morgan fingerprint density at radius 1 is 1.38 bits per heavy atom. The molecule has 0 bridgehead atoms. The third-order valence-corrected chi connectivity index (χ3v) is 3.30. The van der Waals surface area contributed by atoms with E-state index in [1.165, 1.54) is 24.3 Å². The van der Waals surface area contributed by atoms with Crippen LogP contribution in [0.15, 0.2) is 24.3 Å². The average molecular weight is 325 g/mol. The summed E-state index contributed by atoms with van der Waals surface area (Å²) >= 11 is 0. The number of hydrogen-bond acceptors (Lipinski definition) is 3. The zero-order chi connectivity index (χ0) is 14.8. The molecule has 1 aromatic carbocycles. The van der Waals surface area contributed by atoms with Crippen molar-refractivity contribution in [2.45, 2.75) is 13.3 Å². The first-order valence-corrected chi connectivity index (χ1v) is 6.23. The third-order valence-electron chi connectivity index (χ3n) is 3.30. The molecule has 0 saturated carbocycles. The van der Waals surface area contributed by atoms with Crippen LogP contribution in [0.1, 0.15) is 6.92 Å². The summed E-state index contributed by atoms with van der Waals surface area (Å²) in [6, 6.07) is 5.49. The molecule has 1 unspecified atom stereocenters. The van der Waals surface area contributed by atoms with E-state index in [1.54, 1.807) is 6.92 Å². The molecule has 1 aromatic rings. The number of nitrogens with one attached hydrogen (secondary N) is 2. The Morgan fingerprint density at radius 2 is 2.00 bits per heavy atom. The first-order valence-electron chi connectivity index (χ1n) is 6.23. The maximum atomic E-state index is 12.3. The second-order valence-electron chi connectivity index (χ2n) is 4.74. The van der Waals surface area contributed by atoms with Crippen molar-refractivity contribution in [3.05, 3.63) is 24.3 Å². The van der Waals surface area contributed by atoms with Crippen LogP contribution in [0, 0.1) is 11.8 Å². The summed E-state index contributed by atoms with van der Waals surface area (Å²) in [4.78, 5) is 12.0. The minimum Gasteiger partial charge on any atom is -0.404 e. The predicted molar refractivity (Wildman–Crippen MR) is 74.5 cm³/mol. The number of anilines is 1. The highest BCUT2D eigenvalue weighted by Crippen LogP contribution is 2.30. The van der Waals surface area contributed by atoms with Crippen molar-refractivity contribution in [2.24, 2.45) is 11.8 Å². The number of alkyl halides is 3. The molecule has 118 valence electrons. The van der Waals surface area contributed by atoms with Gasteiger partial charge in [0, 0.05) is 5.92 Å². The van der Waals surface area contributed by atoms with Crippen LogP contribution in [-0.2, 0) is 4.79 Å². The zero-order valence-electron chi connectivity index (χ0n) is 11.2. The van der Waals surface area contributed by atoms with Crippen molar-refractivity contribution in [2.75, 3.05) is 18.4 Å². The van der Waals surface area contributed by atoms with Gasteiger partial charge in [-0.05, 0) is 31.1 Å². The first kappa shape index (κ1) is 17.6. The molecule has 21 heavy (non-hydrogen) atoms. The Kier molecular flexibility index (Phi) is 5.86. The van der Waals surface area contributed by atoms with Gasteiger partial charge in [-0.3, -0.25) is 4.79 Å². The largest absolute Gasteiger partial charge is 0.573 e. The summed E-state index contributed by atoms with van der Waals surface area (Å²) in [5.74, 6) is -0.775. The summed E-state index contributed by atoms with van der Waals surface area (Å²) < 4.78 is 40.7. The number of para-hydroxylation sites is 2. The lowest BCUT2D eigenvalue weighted by atomic mass is 9.88. The Hall–Kier alpha value is -1.47. The van der Waals surface area contributed by atoms with E-state index in [1.807, 2.05) is 0 Å². The van der Waals surface area contributed by atoms with Gasteiger partial charge in [-0.2, -0.15) is 0 Å². The highest BCUT2D eigenvalue weighted by atomic mass is 35.5. The lowest BCUT2D eigenvalue weighted by Crippen LogP contribution is -2.48. The Morgan fingerprint density at radius 3 is 2.52 bits per heavy atom. The topological polar surface area (TPSA) is 50.4 Å². The molecule has 1 aliphatic rings. The van der Waals surface area contributed by atoms with Gasteiger partial charge in [-0.15, -0.1) is 25.6 Å². The smallest absolute Gasteiger partial charge is 0.404 e. The Balaban J connectivity index is 0.00000220. The number of halogens is 4.